The van der Waals surface area contributed by atoms with E-state index in [9.17, 15) is 19.5 Å². The van der Waals surface area contributed by atoms with Gasteiger partial charge < -0.3 is 19.8 Å². The molecule has 7 nitrogen and oxygen atoms in total. The number of nitrogens with zero attached hydrogens (tertiary/aromatic N) is 3. The largest absolute Gasteiger partial charge is 0.396 e. The standard InChI is InChI=1S/C32H44BrN3O4S/c1-5-16-34(21-23-14-10-9-11-15-23)29(38)25-26-30(39)36(18-12-7-8-13-19-37)28(31(40)35(17-6-2)22(3)4)32(26)20-24(33)27(25)41-32/h5-6,9-11,14-15,22,24-28,37H,1-2,7-8,12-13,16-21H2,3-4H3/t24?,25-,26-,27-,28?,32?/m0/s1. The van der Waals surface area contributed by atoms with Gasteiger partial charge in [0, 0.05) is 48.9 Å². The Morgan fingerprint density at radius 1 is 1.12 bits per heavy atom. The summed E-state index contributed by atoms with van der Waals surface area (Å²) in [7, 11) is 0. The molecule has 4 rings (SSSR count). The lowest BCUT2D eigenvalue weighted by Crippen LogP contribution is -2.57. The molecule has 0 aliphatic carbocycles. The van der Waals surface area contributed by atoms with Crippen LogP contribution in [0.25, 0.3) is 0 Å². The van der Waals surface area contributed by atoms with E-state index < -0.39 is 22.6 Å². The van der Waals surface area contributed by atoms with E-state index in [0.717, 1.165) is 31.2 Å². The Morgan fingerprint density at radius 2 is 1.80 bits per heavy atom. The molecule has 3 unspecified atom stereocenters. The molecule has 3 aliphatic rings. The number of thioether (sulfide) groups is 1. The molecule has 3 aliphatic heterocycles. The topological polar surface area (TPSA) is 81.2 Å². The number of alkyl halides is 1. The highest BCUT2D eigenvalue weighted by molar-refractivity contribution is 9.09. The second-order valence-electron chi connectivity index (χ2n) is 11.7. The monoisotopic (exact) mass is 645 g/mol. The second kappa shape index (κ2) is 13.9. The normalized spacial score (nSPS) is 28.2. The first-order valence-corrected chi connectivity index (χ1v) is 16.6. The number of unbranched alkanes of at least 4 members (excludes halogenated alkanes) is 3. The first-order valence-electron chi connectivity index (χ1n) is 14.8. The minimum atomic E-state index is -0.667. The number of rotatable bonds is 15. The lowest BCUT2D eigenvalue weighted by atomic mass is 9.70. The van der Waals surface area contributed by atoms with Gasteiger partial charge in [-0.2, -0.15) is 0 Å². The third-order valence-electron chi connectivity index (χ3n) is 8.73. The zero-order chi connectivity index (χ0) is 29.7. The van der Waals surface area contributed by atoms with Crippen molar-refractivity contribution < 1.29 is 19.5 Å². The van der Waals surface area contributed by atoms with E-state index in [4.69, 9.17) is 0 Å². The summed E-state index contributed by atoms with van der Waals surface area (Å²) in [6.45, 7) is 13.6. The summed E-state index contributed by atoms with van der Waals surface area (Å²) >= 11 is 5.56. The summed E-state index contributed by atoms with van der Waals surface area (Å²) in [5.74, 6) is -1.24. The van der Waals surface area contributed by atoms with Crippen molar-refractivity contribution in [2.24, 2.45) is 11.8 Å². The number of benzene rings is 1. The summed E-state index contributed by atoms with van der Waals surface area (Å²) in [5, 5.41) is 9.10. The SMILES string of the molecule is C=CCN(Cc1ccccc1)C(=O)[C@H]1[C@H]2C(=O)N(CCCCCCO)C(C(=O)N(CC=C)C(C)C)C23CC(Br)[C@@H]1S3. The van der Waals surface area contributed by atoms with Gasteiger partial charge in [-0.05, 0) is 38.7 Å². The van der Waals surface area contributed by atoms with Crippen LogP contribution in [0.5, 0.6) is 0 Å². The van der Waals surface area contributed by atoms with Gasteiger partial charge in [0.2, 0.25) is 17.7 Å². The molecule has 41 heavy (non-hydrogen) atoms. The number of hydrogen-bond acceptors (Lipinski definition) is 5. The molecule has 3 amide bonds. The Hall–Kier alpha value is -2.10. The van der Waals surface area contributed by atoms with Crippen molar-refractivity contribution in [3.63, 3.8) is 0 Å². The Morgan fingerprint density at radius 3 is 2.44 bits per heavy atom. The van der Waals surface area contributed by atoms with Gasteiger partial charge in [-0.1, -0.05) is 71.3 Å². The van der Waals surface area contributed by atoms with Gasteiger partial charge >= 0.3 is 0 Å². The molecular weight excluding hydrogens is 602 g/mol. The lowest BCUT2D eigenvalue weighted by molar-refractivity contribution is -0.145. The molecule has 1 N–H and O–H groups in total. The van der Waals surface area contributed by atoms with Crippen molar-refractivity contribution >= 4 is 45.4 Å². The Labute approximate surface area is 257 Å². The van der Waals surface area contributed by atoms with E-state index in [-0.39, 0.29) is 40.4 Å². The van der Waals surface area contributed by atoms with Gasteiger partial charge in [-0.15, -0.1) is 24.9 Å². The molecule has 2 bridgehead atoms. The van der Waals surface area contributed by atoms with Gasteiger partial charge in [0.15, 0.2) is 0 Å². The van der Waals surface area contributed by atoms with Crippen molar-refractivity contribution in [3.8, 4) is 0 Å². The lowest BCUT2D eigenvalue weighted by Gasteiger charge is -2.39. The van der Waals surface area contributed by atoms with Crippen LogP contribution < -0.4 is 0 Å². The number of hydrogen-bond donors (Lipinski definition) is 1. The summed E-state index contributed by atoms with van der Waals surface area (Å²) in [6, 6.07) is 9.20. The van der Waals surface area contributed by atoms with Crippen LogP contribution in [0.3, 0.4) is 0 Å². The Balaban J connectivity index is 1.70. The molecule has 0 radical (unpaired) electrons. The maximum absolute atomic E-state index is 14.4. The summed E-state index contributed by atoms with van der Waals surface area (Å²) < 4.78 is -0.667. The molecule has 224 valence electrons. The Kier molecular flexibility index (Phi) is 10.8. The number of aliphatic hydroxyl groups excluding tert-OH is 1. The first kappa shape index (κ1) is 31.8. The van der Waals surface area contributed by atoms with Gasteiger partial charge in [0.1, 0.15) is 6.04 Å². The molecule has 1 aromatic carbocycles. The van der Waals surface area contributed by atoms with Crippen molar-refractivity contribution in [2.45, 2.75) is 79.4 Å². The van der Waals surface area contributed by atoms with E-state index in [1.54, 1.807) is 28.8 Å². The fraction of sp³-hybridized carbons (Fsp3) is 0.594. The molecule has 3 heterocycles. The van der Waals surface area contributed by atoms with Crippen molar-refractivity contribution in [2.75, 3.05) is 26.2 Å². The van der Waals surface area contributed by atoms with Gasteiger partial charge in [-0.25, -0.2) is 0 Å². The van der Waals surface area contributed by atoms with Crippen LogP contribution in [-0.2, 0) is 20.9 Å². The van der Waals surface area contributed by atoms with Crippen molar-refractivity contribution in [3.05, 3.63) is 61.2 Å². The highest BCUT2D eigenvalue weighted by atomic mass is 79.9. The molecule has 1 aromatic rings. The molecular formula is C32H44BrN3O4S. The van der Waals surface area contributed by atoms with Gasteiger partial charge in [-0.3, -0.25) is 14.4 Å². The molecule has 3 fully saturated rings. The fourth-order valence-corrected chi connectivity index (χ4v) is 10.5. The molecule has 9 heteroatoms. The van der Waals surface area contributed by atoms with Crippen LogP contribution in [0, 0.1) is 11.8 Å². The quantitative estimate of drug-likeness (QED) is 0.171. The number of likely N-dealkylation sites (tertiary alicyclic amines) is 1. The smallest absolute Gasteiger partial charge is 0.247 e. The second-order valence-corrected chi connectivity index (χ2v) is 14.4. The first-order chi connectivity index (χ1) is 19.7. The average Bonchev–Trinajstić information content (AvgIpc) is 3.54. The highest BCUT2D eigenvalue weighted by Gasteiger charge is 2.76. The third-order valence-corrected chi connectivity index (χ3v) is 11.9. The maximum Gasteiger partial charge on any atom is 0.247 e. The van der Waals surface area contributed by atoms with Gasteiger partial charge in [0.05, 0.1) is 16.6 Å². The molecule has 6 atom stereocenters. The van der Waals surface area contributed by atoms with Crippen LogP contribution in [0.1, 0.15) is 51.5 Å². The van der Waals surface area contributed by atoms with Crippen LogP contribution in [0.4, 0.5) is 0 Å². The Bertz CT molecular complexity index is 1120. The number of carbonyl (C=O) groups excluding carboxylic acids is 3. The van der Waals surface area contributed by atoms with E-state index in [0.29, 0.717) is 32.6 Å². The molecule has 0 saturated carbocycles. The third kappa shape index (κ3) is 6.18. The minimum Gasteiger partial charge on any atom is -0.396 e. The summed E-state index contributed by atoms with van der Waals surface area (Å²) in [6.07, 6.45) is 7.36. The summed E-state index contributed by atoms with van der Waals surface area (Å²) in [5.41, 5.74) is 1.02. The summed E-state index contributed by atoms with van der Waals surface area (Å²) in [4.78, 5) is 48.6. The van der Waals surface area contributed by atoms with Crippen molar-refractivity contribution in [1.82, 2.24) is 14.7 Å². The minimum absolute atomic E-state index is 0.0273. The van der Waals surface area contributed by atoms with E-state index in [2.05, 4.69) is 29.1 Å². The van der Waals surface area contributed by atoms with Crippen molar-refractivity contribution in [1.29, 1.82) is 0 Å². The fourth-order valence-electron chi connectivity index (χ4n) is 6.93. The van der Waals surface area contributed by atoms with E-state index in [1.165, 1.54) is 0 Å². The van der Waals surface area contributed by atoms with Crippen LogP contribution in [0.15, 0.2) is 55.6 Å². The van der Waals surface area contributed by atoms with Crippen LogP contribution in [0.2, 0.25) is 0 Å². The number of fused-ring (bicyclic) bond motifs is 1. The maximum atomic E-state index is 14.4. The van der Waals surface area contributed by atoms with E-state index >= 15 is 0 Å². The van der Waals surface area contributed by atoms with Crippen LogP contribution in [-0.4, -0.2) is 90.7 Å². The number of amides is 3. The van der Waals surface area contributed by atoms with Crippen LogP contribution >= 0.6 is 27.7 Å². The number of aliphatic hydroxyl groups is 1. The number of carbonyl (C=O) groups is 3. The number of halogens is 1. The average molecular weight is 647 g/mol. The molecule has 1 spiro atoms. The zero-order valence-electron chi connectivity index (χ0n) is 24.3. The molecule has 0 aromatic heterocycles. The predicted octanol–water partition coefficient (Wildman–Crippen LogP) is 4.64. The van der Waals surface area contributed by atoms with E-state index in [1.807, 2.05) is 54.0 Å². The van der Waals surface area contributed by atoms with Gasteiger partial charge in [0.25, 0.3) is 0 Å². The zero-order valence-corrected chi connectivity index (χ0v) is 26.7. The highest BCUT2D eigenvalue weighted by Crippen LogP contribution is 2.68. The molecule has 3 saturated heterocycles. The predicted molar refractivity (Wildman–Crippen MR) is 169 cm³/mol.